The van der Waals surface area contributed by atoms with E-state index < -0.39 is 0 Å². The van der Waals surface area contributed by atoms with Crippen molar-refractivity contribution in [1.82, 2.24) is 4.90 Å². The van der Waals surface area contributed by atoms with E-state index in [2.05, 4.69) is 5.32 Å². The Kier molecular flexibility index (Phi) is 4.15. The Morgan fingerprint density at radius 2 is 2.31 bits per heavy atom. The number of halogens is 1. The van der Waals surface area contributed by atoms with Crippen LogP contribution in [0.5, 0.6) is 0 Å². The Balaban J connectivity index is 2.83. The van der Waals surface area contributed by atoms with E-state index in [1.165, 1.54) is 11.0 Å². The molecular weight excluding hydrogens is 226 g/mol. The number of anilines is 1. The maximum atomic E-state index is 11.5. The first kappa shape index (κ1) is 12.3. The molecule has 0 bridgehead atoms. The molecule has 1 N–H and O–H groups in total. The molecule has 84 valence electrons. The van der Waals surface area contributed by atoms with Crippen LogP contribution in [-0.4, -0.2) is 24.5 Å². The van der Waals surface area contributed by atoms with Gasteiger partial charge in [0.25, 0.3) is 0 Å². The summed E-state index contributed by atoms with van der Waals surface area (Å²) in [6, 6.07) is 6.48. The fourth-order valence-electron chi connectivity index (χ4n) is 1.04. The minimum absolute atomic E-state index is 0.228. The van der Waals surface area contributed by atoms with Crippen molar-refractivity contribution in [3.63, 3.8) is 0 Å². The van der Waals surface area contributed by atoms with Gasteiger partial charge in [-0.1, -0.05) is 11.6 Å². The van der Waals surface area contributed by atoms with Crippen molar-refractivity contribution < 1.29 is 4.79 Å². The molecule has 0 saturated heterocycles. The molecule has 16 heavy (non-hydrogen) atoms. The van der Waals surface area contributed by atoms with Gasteiger partial charge in [0.15, 0.2) is 0 Å². The predicted octanol–water partition coefficient (Wildman–Crippen LogP) is 2.70. The van der Waals surface area contributed by atoms with Crippen LogP contribution in [0, 0.1) is 11.3 Å². The molecule has 1 aromatic rings. The fourth-order valence-corrected chi connectivity index (χ4v) is 1.27. The number of nitriles is 1. The van der Waals surface area contributed by atoms with Crippen molar-refractivity contribution in [3.05, 3.63) is 28.8 Å². The highest BCUT2D eigenvalue weighted by molar-refractivity contribution is 6.33. The van der Waals surface area contributed by atoms with Gasteiger partial charge in [-0.25, -0.2) is 4.79 Å². The van der Waals surface area contributed by atoms with Crippen molar-refractivity contribution in [2.75, 3.05) is 18.9 Å². The van der Waals surface area contributed by atoms with Crippen LogP contribution in [0.25, 0.3) is 0 Å². The van der Waals surface area contributed by atoms with Crippen LogP contribution in [-0.2, 0) is 0 Å². The summed E-state index contributed by atoms with van der Waals surface area (Å²) in [5.74, 6) is 0. The van der Waals surface area contributed by atoms with Gasteiger partial charge < -0.3 is 10.2 Å². The van der Waals surface area contributed by atoms with Crippen LogP contribution in [0.15, 0.2) is 18.2 Å². The SMILES string of the molecule is CCN(C)C(=O)Nc1ccc(C#N)cc1Cl. The molecular formula is C11H12ClN3O. The summed E-state index contributed by atoms with van der Waals surface area (Å²) in [6.45, 7) is 2.49. The molecule has 0 fully saturated rings. The van der Waals surface area contributed by atoms with Gasteiger partial charge in [0.05, 0.1) is 22.3 Å². The summed E-state index contributed by atoms with van der Waals surface area (Å²) < 4.78 is 0. The van der Waals surface area contributed by atoms with Crippen LogP contribution in [0.1, 0.15) is 12.5 Å². The number of hydrogen-bond donors (Lipinski definition) is 1. The maximum Gasteiger partial charge on any atom is 0.321 e. The Hall–Kier alpha value is -1.73. The fraction of sp³-hybridized carbons (Fsp3) is 0.273. The summed E-state index contributed by atoms with van der Waals surface area (Å²) in [7, 11) is 1.69. The summed E-state index contributed by atoms with van der Waals surface area (Å²) in [4.78, 5) is 13.1. The molecule has 0 aromatic heterocycles. The molecule has 0 unspecified atom stereocenters. The van der Waals surface area contributed by atoms with Crippen molar-refractivity contribution in [2.45, 2.75) is 6.92 Å². The minimum atomic E-state index is -0.228. The van der Waals surface area contributed by atoms with Gasteiger partial charge in [0.2, 0.25) is 0 Å². The highest BCUT2D eigenvalue weighted by atomic mass is 35.5. The molecule has 5 heteroatoms. The normalized spacial score (nSPS) is 9.38. The van der Waals surface area contributed by atoms with E-state index in [1.807, 2.05) is 13.0 Å². The first-order chi connectivity index (χ1) is 7.58. The molecule has 4 nitrogen and oxygen atoms in total. The van der Waals surface area contributed by atoms with E-state index in [0.29, 0.717) is 22.8 Å². The third-order valence-electron chi connectivity index (χ3n) is 2.16. The summed E-state index contributed by atoms with van der Waals surface area (Å²) in [5.41, 5.74) is 0.970. The van der Waals surface area contributed by atoms with Gasteiger partial charge in [-0.2, -0.15) is 5.26 Å². The number of benzene rings is 1. The van der Waals surface area contributed by atoms with Crippen LogP contribution < -0.4 is 5.32 Å². The number of urea groups is 1. The summed E-state index contributed by atoms with van der Waals surface area (Å²) in [6.07, 6.45) is 0. The second kappa shape index (κ2) is 5.38. The number of rotatable bonds is 2. The first-order valence-electron chi connectivity index (χ1n) is 4.80. The lowest BCUT2D eigenvalue weighted by Crippen LogP contribution is -2.31. The second-order valence-corrected chi connectivity index (χ2v) is 3.66. The van der Waals surface area contributed by atoms with Crippen molar-refractivity contribution in [1.29, 1.82) is 5.26 Å². The molecule has 0 atom stereocenters. The maximum absolute atomic E-state index is 11.5. The van der Waals surface area contributed by atoms with E-state index in [4.69, 9.17) is 16.9 Å². The lowest BCUT2D eigenvalue weighted by Gasteiger charge is -2.16. The molecule has 0 spiro atoms. The zero-order chi connectivity index (χ0) is 12.1. The van der Waals surface area contributed by atoms with Gasteiger partial charge >= 0.3 is 6.03 Å². The van der Waals surface area contributed by atoms with E-state index in [9.17, 15) is 4.79 Å². The average molecular weight is 238 g/mol. The Bertz CT molecular complexity index is 439. The largest absolute Gasteiger partial charge is 0.328 e. The standard InChI is InChI=1S/C11H12ClN3O/c1-3-15(2)11(16)14-10-5-4-8(7-13)6-9(10)12/h4-6H,3H2,1-2H3,(H,14,16). The van der Waals surface area contributed by atoms with Gasteiger partial charge in [-0.3, -0.25) is 0 Å². The smallest absolute Gasteiger partial charge is 0.321 e. The highest BCUT2D eigenvalue weighted by Gasteiger charge is 2.09. The van der Waals surface area contributed by atoms with Gasteiger partial charge in [-0.15, -0.1) is 0 Å². The molecule has 0 aliphatic heterocycles. The molecule has 1 aromatic carbocycles. The van der Waals surface area contributed by atoms with Gasteiger partial charge in [-0.05, 0) is 25.1 Å². The van der Waals surface area contributed by atoms with Crippen molar-refractivity contribution in [2.24, 2.45) is 0 Å². The quantitative estimate of drug-likeness (QED) is 0.860. The third-order valence-corrected chi connectivity index (χ3v) is 2.47. The molecule has 1 rings (SSSR count). The molecule has 0 aliphatic carbocycles. The minimum Gasteiger partial charge on any atom is -0.328 e. The molecule has 0 aliphatic rings. The van der Waals surface area contributed by atoms with Crippen LogP contribution in [0.2, 0.25) is 5.02 Å². The topological polar surface area (TPSA) is 56.1 Å². The number of carbonyl (C=O) groups is 1. The molecule has 0 saturated carbocycles. The van der Waals surface area contributed by atoms with Crippen LogP contribution >= 0.6 is 11.6 Å². The Morgan fingerprint density at radius 3 is 2.81 bits per heavy atom. The first-order valence-corrected chi connectivity index (χ1v) is 5.18. The van der Waals surface area contributed by atoms with Crippen molar-refractivity contribution >= 4 is 23.3 Å². The van der Waals surface area contributed by atoms with E-state index >= 15 is 0 Å². The lowest BCUT2D eigenvalue weighted by molar-refractivity contribution is 0.224. The average Bonchev–Trinajstić information content (AvgIpc) is 2.30. The number of hydrogen-bond acceptors (Lipinski definition) is 2. The van der Waals surface area contributed by atoms with Crippen LogP contribution in [0.4, 0.5) is 10.5 Å². The zero-order valence-electron chi connectivity index (χ0n) is 9.12. The second-order valence-electron chi connectivity index (χ2n) is 3.25. The van der Waals surface area contributed by atoms with E-state index in [1.54, 1.807) is 19.2 Å². The predicted molar refractivity (Wildman–Crippen MR) is 63.5 cm³/mol. The number of nitrogens with one attached hydrogen (secondary N) is 1. The third kappa shape index (κ3) is 2.88. The lowest BCUT2D eigenvalue weighted by atomic mass is 10.2. The van der Waals surface area contributed by atoms with Gasteiger partial charge in [0, 0.05) is 13.6 Å². The van der Waals surface area contributed by atoms with E-state index in [-0.39, 0.29) is 6.03 Å². The van der Waals surface area contributed by atoms with Gasteiger partial charge in [0.1, 0.15) is 0 Å². The molecule has 2 amide bonds. The molecule has 0 heterocycles. The molecule has 0 radical (unpaired) electrons. The number of nitrogens with zero attached hydrogens (tertiary/aromatic N) is 2. The van der Waals surface area contributed by atoms with E-state index in [0.717, 1.165) is 0 Å². The summed E-state index contributed by atoms with van der Waals surface area (Å²) in [5, 5.41) is 11.7. The van der Waals surface area contributed by atoms with Crippen molar-refractivity contribution in [3.8, 4) is 6.07 Å². The number of amides is 2. The van der Waals surface area contributed by atoms with Crippen LogP contribution in [0.3, 0.4) is 0 Å². The monoisotopic (exact) mass is 237 g/mol. The highest BCUT2D eigenvalue weighted by Crippen LogP contribution is 2.22. The Labute approximate surface area is 99.4 Å². The zero-order valence-corrected chi connectivity index (χ0v) is 9.88. The number of carbonyl (C=O) groups excluding carboxylic acids is 1. The summed E-state index contributed by atoms with van der Waals surface area (Å²) >= 11 is 5.92. The Morgan fingerprint density at radius 1 is 1.62 bits per heavy atom.